The molecule has 14 heavy (non-hydrogen) atoms. The lowest BCUT2D eigenvalue weighted by atomic mass is 9.96. The first-order valence-electron chi connectivity index (χ1n) is 4.58. The van der Waals surface area contributed by atoms with Crippen LogP contribution < -0.4 is 5.32 Å². The van der Waals surface area contributed by atoms with Gasteiger partial charge in [0.05, 0.1) is 6.61 Å². The van der Waals surface area contributed by atoms with E-state index in [0.29, 0.717) is 6.42 Å². The van der Waals surface area contributed by atoms with E-state index in [1.807, 2.05) is 20.8 Å². The molecule has 1 atom stereocenters. The molecule has 0 radical (unpaired) electrons. The van der Waals surface area contributed by atoms with E-state index in [1.54, 1.807) is 13.1 Å². The summed E-state index contributed by atoms with van der Waals surface area (Å²) in [6.07, 6.45) is 2.25. The molecule has 0 aliphatic heterocycles. The highest BCUT2D eigenvalue weighted by molar-refractivity contribution is 6.49. The molecule has 0 rings (SSSR count). The Kier molecular flexibility index (Phi) is 5.45. The van der Waals surface area contributed by atoms with Crippen LogP contribution in [0.1, 0.15) is 27.2 Å². The summed E-state index contributed by atoms with van der Waals surface area (Å²) in [5.41, 5.74) is 0.613. The van der Waals surface area contributed by atoms with Gasteiger partial charge in [-0.3, -0.25) is 0 Å². The molecule has 84 valence electrons. The fourth-order valence-corrected chi connectivity index (χ4v) is 2.24. The number of aliphatic hydroxyl groups is 1. The van der Waals surface area contributed by atoms with E-state index in [9.17, 15) is 5.11 Å². The predicted octanol–water partition coefficient (Wildman–Crippen LogP) is 2.49. The Labute approximate surface area is 96.3 Å². The average Bonchev–Trinajstić information content (AvgIpc) is 2.01. The Balaban J connectivity index is 4.56. The molecule has 0 bridgehead atoms. The maximum Gasteiger partial charge on any atom is 0.138 e. The predicted molar refractivity (Wildman–Crippen MR) is 63.0 cm³/mol. The van der Waals surface area contributed by atoms with Crippen LogP contribution in [0.15, 0.2) is 11.6 Å². The van der Waals surface area contributed by atoms with Crippen LogP contribution in [0, 0.1) is 0 Å². The molecule has 0 saturated carbocycles. The van der Waals surface area contributed by atoms with Gasteiger partial charge in [-0.05, 0) is 27.8 Å². The van der Waals surface area contributed by atoms with Crippen LogP contribution in [0.2, 0.25) is 0 Å². The molecule has 0 aromatic carbocycles. The zero-order valence-corrected chi connectivity index (χ0v) is 10.7. The molecule has 0 fully saturated rings. The molecular formula is C10H19Cl2NO. The quantitative estimate of drug-likeness (QED) is 0.571. The van der Waals surface area contributed by atoms with Gasteiger partial charge in [0.1, 0.15) is 4.33 Å². The molecule has 2 N–H and O–H groups in total. The number of alkyl halides is 2. The second-order valence-corrected chi connectivity index (χ2v) is 5.67. The molecule has 0 aromatic rings. The lowest BCUT2D eigenvalue weighted by Crippen LogP contribution is -2.46. The minimum atomic E-state index is -0.931. The fraction of sp³-hybridized carbons (Fsp3) is 0.800. The lowest BCUT2D eigenvalue weighted by Gasteiger charge is -2.31. The van der Waals surface area contributed by atoms with Gasteiger partial charge >= 0.3 is 0 Å². The van der Waals surface area contributed by atoms with Gasteiger partial charge in [-0.1, -0.05) is 34.9 Å². The largest absolute Gasteiger partial charge is 0.394 e. The van der Waals surface area contributed by atoms with Crippen LogP contribution in [0.4, 0.5) is 0 Å². The molecule has 4 heteroatoms. The van der Waals surface area contributed by atoms with E-state index in [2.05, 4.69) is 5.32 Å². The van der Waals surface area contributed by atoms with Gasteiger partial charge in [0.25, 0.3) is 0 Å². The zero-order valence-electron chi connectivity index (χ0n) is 9.19. The van der Waals surface area contributed by atoms with Gasteiger partial charge in [-0.25, -0.2) is 0 Å². The Morgan fingerprint density at radius 1 is 1.43 bits per heavy atom. The van der Waals surface area contributed by atoms with E-state index in [4.69, 9.17) is 23.2 Å². The van der Waals surface area contributed by atoms with Crippen molar-refractivity contribution in [2.45, 2.75) is 37.1 Å². The first-order valence-corrected chi connectivity index (χ1v) is 5.34. The molecule has 0 aliphatic carbocycles. The zero-order chi connectivity index (χ0) is 11.4. The van der Waals surface area contributed by atoms with Crippen LogP contribution in [0.5, 0.6) is 0 Å². The number of likely N-dealkylation sites (N-methyl/N-ethyl adjacent to an activating group) is 1. The Bertz CT molecular complexity index is 206. The van der Waals surface area contributed by atoms with Crippen LogP contribution in [-0.4, -0.2) is 28.6 Å². The summed E-state index contributed by atoms with van der Waals surface area (Å²) in [6, 6.07) is 0. The van der Waals surface area contributed by atoms with Crippen molar-refractivity contribution in [3.8, 4) is 0 Å². The van der Waals surface area contributed by atoms with Crippen LogP contribution in [-0.2, 0) is 0 Å². The van der Waals surface area contributed by atoms with Crippen molar-refractivity contribution >= 4 is 23.2 Å². The van der Waals surface area contributed by atoms with Crippen LogP contribution in [0.3, 0.4) is 0 Å². The van der Waals surface area contributed by atoms with E-state index in [1.165, 1.54) is 0 Å². The van der Waals surface area contributed by atoms with Gasteiger partial charge in [0.2, 0.25) is 0 Å². The molecule has 2 nitrogen and oxygen atoms in total. The summed E-state index contributed by atoms with van der Waals surface area (Å²) in [4.78, 5) is 0. The third-order valence-electron chi connectivity index (χ3n) is 2.08. The number of rotatable bonds is 5. The highest BCUT2D eigenvalue weighted by Gasteiger charge is 2.32. The van der Waals surface area contributed by atoms with E-state index in [-0.39, 0.29) is 6.61 Å². The minimum Gasteiger partial charge on any atom is -0.394 e. The number of halogens is 2. The maximum absolute atomic E-state index is 9.18. The summed E-state index contributed by atoms with van der Waals surface area (Å²) >= 11 is 12.2. The summed E-state index contributed by atoms with van der Waals surface area (Å²) in [7, 11) is 1.78. The van der Waals surface area contributed by atoms with Gasteiger partial charge < -0.3 is 10.4 Å². The highest BCUT2D eigenvalue weighted by atomic mass is 35.5. The van der Waals surface area contributed by atoms with Crippen molar-refractivity contribution in [2.24, 2.45) is 0 Å². The van der Waals surface area contributed by atoms with Crippen molar-refractivity contribution in [1.29, 1.82) is 0 Å². The Morgan fingerprint density at radius 3 is 2.21 bits per heavy atom. The number of hydrogen-bond donors (Lipinski definition) is 2. The standard InChI is InChI=1S/C10H19Cl2NO/c1-8(2)5-10(11,12)6-9(3,7-14)13-4/h5,13-14H,6-7H2,1-4H3. The van der Waals surface area contributed by atoms with E-state index >= 15 is 0 Å². The fourth-order valence-electron chi connectivity index (χ4n) is 1.22. The van der Waals surface area contributed by atoms with Crippen molar-refractivity contribution in [3.63, 3.8) is 0 Å². The molecule has 0 heterocycles. The van der Waals surface area contributed by atoms with E-state index < -0.39 is 9.87 Å². The normalized spacial score (nSPS) is 16.2. The highest BCUT2D eigenvalue weighted by Crippen LogP contribution is 2.33. The molecule has 0 spiro atoms. The third-order valence-corrected chi connectivity index (χ3v) is 2.56. The third kappa shape index (κ3) is 5.20. The second-order valence-electron chi connectivity index (χ2n) is 4.13. The number of hydrogen-bond acceptors (Lipinski definition) is 2. The maximum atomic E-state index is 9.18. The van der Waals surface area contributed by atoms with Gasteiger partial charge in [0, 0.05) is 12.0 Å². The van der Waals surface area contributed by atoms with E-state index in [0.717, 1.165) is 5.57 Å². The van der Waals surface area contributed by atoms with Crippen molar-refractivity contribution in [2.75, 3.05) is 13.7 Å². The molecule has 0 saturated heterocycles. The first-order chi connectivity index (χ1) is 6.24. The topological polar surface area (TPSA) is 32.3 Å². The summed E-state index contributed by atoms with van der Waals surface area (Å²) in [5, 5.41) is 12.2. The number of allylic oxidation sites excluding steroid dienone is 2. The Morgan fingerprint density at radius 2 is 1.93 bits per heavy atom. The number of nitrogens with one attached hydrogen (secondary N) is 1. The first kappa shape index (κ1) is 14.2. The lowest BCUT2D eigenvalue weighted by molar-refractivity contribution is 0.173. The number of aliphatic hydroxyl groups excluding tert-OH is 1. The monoisotopic (exact) mass is 239 g/mol. The molecule has 0 amide bonds. The van der Waals surface area contributed by atoms with Gasteiger partial charge in [-0.2, -0.15) is 0 Å². The average molecular weight is 240 g/mol. The van der Waals surface area contributed by atoms with Crippen LogP contribution in [0.25, 0.3) is 0 Å². The van der Waals surface area contributed by atoms with Gasteiger partial charge in [0.15, 0.2) is 0 Å². The summed E-state index contributed by atoms with van der Waals surface area (Å²) < 4.78 is -0.931. The van der Waals surface area contributed by atoms with Crippen molar-refractivity contribution < 1.29 is 5.11 Å². The minimum absolute atomic E-state index is 0.00128. The summed E-state index contributed by atoms with van der Waals surface area (Å²) in [5.74, 6) is 0. The van der Waals surface area contributed by atoms with Crippen molar-refractivity contribution in [3.05, 3.63) is 11.6 Å². The molecule has 0 aliphatic rings. The van der Waals surface area contributed by atoms with Crippen LogP contribution >= 0.6 is 23.2 Å². The Hall–Kier alpha value is 0.240. The summed E-state index contributed by atoms with van der Waals surface area (Å²) in [6.45, 7) is 5.76. The molecular weight excluding hydrogens is 221 g/mol. The smallest absolute Gasteiger partial charge is 0.138 e. The second kappa shape index (κ2) is 5.36. The molecule has 1 unspecified atom stereocenters. The van der Waals surface area contributed by atoms with Gasteiger partial charge in [-0.15, -0.1) is 0 Å². The SMILES string of the molecule is CNC(C)(CO)CC(Cl)(Cl)C=C(C)C. The van der Waals surface area contributed by atoms with Crippen molar-refractivity contribution in [1.82, 2.24) is 5.32 Å². The molecule has 0 aromatic heterocycles.